The van der Waals surface area contributed by atoms with Gasteiger partial charge in [-0.3, -0.25) is 9.59 Å². The van der Waals surface area contributed by atoms with Gasteiger partial charge < -0.3 is 14.6 Å². The standard InChI is InChI=1S/C27H27FN2O3/c28-22-11-9-18(10-12-22)26(31)29-23-8-4-7-20(15-23)25-16-21-17-30(14-13-24(21)33-25)27(32)19-5-2-1-3-6-19/h4,7-12,15-16,19H,1-3,5-6,13-14,17H2,(H,29,31). The van der Waals surface area contributed by atoms with Gasteiger partial charge in [0.2, 0.25) is 5.91 Å². The summed E-state index contributed by atoms with van der Waals surface area (Å²) in [6, 6.07) is 14.9. The normalized spacial score (nSPS) is 16.3. The summed E-state index contributed by atoms with van der Waals surface area (Å²) in [4.78, 5) is 27.4. The van der Waals surface area contributed by atoms with Crippen LogP contribution in [-0.2, 0) is 17.8 Å². The molecule has 1 aromatic heterocycles. The lowest BCUT2D eigenvalue weighted by Gasteiger charge is -2.31. The second-order valence-electron chi connectivity index (χ2n) is 8.95. The largest absolute Gasteiger partial charge is 0.461 e. The van der Waals surface area contributed by atoms with Crippen LogP contribution in [0.1, 0.15) is 53.8 Å². The number of rotatable bonds is 4. The highest BCUT2D eigenvalue weighted by atomic mass is 19.1. The van der Waals surface area contributed by atoms with Gasteiger partial charge in [0.1, 0.15) is 17.3 Å². The van der Waals surface area contributed by atoms with Gasteiger partial charge in [-0.2, -0.15) is 0 Å². The number of furan rings is 1. The first kappa shape index (κ1) is 21.4. The Morgan fingerprint density at radius 3 is 2.58 bits per heavy atom. The minimum absolute atomic E-state index is 0.174. The minimum Gasteiger partial charge on any atom is -0.461 e. The Balaban J connectivity index is 1.29. The molecule has 2 amide bonds. The molecule has 1 saturated carbocycles. The highest BCUT2D eigenvalue weighted by Gasteiger charge is 2.30. The molecule has 170 valence electrons. The van der Waals surface area contributed by atoms with Crippen LogP contribution in [0.25, 0.3) is 11.3 Å². The van der Waals surface area contributed by atoms with Gasteiger partial charge in [-0.1, -0.05) is 31.4 Å². The molecule has 5 nitrogen and oxygen atoms in total. The van der Waals surface area contributed by atoms with E-state index in [4.69, 9.17) is 4.42 Å². The molecule has 0 spiro atoms. The van der Waals surface area contributed by atoms with E-state index in [1.807, 2.05) is 29.2 Å². The summed E-state index contributed by atoms with van der Waals surface area (Å²) in [7, 11) is 0. The zero-order valence-corrected chi connectivity index (χ0v) is 18.5. The maximum atomic E-state index is 13.1. The number of carbonyl (C=O) groups is 2. The number of halogens is 1. The van der Waals surface area contributed by atoms with Gasteiger partial charge in [0.25, 0.3) is 5.91 Å². The lowest BCUT2D eigenvalue weighted by molar-refractivity contribution is -0.137. The molecular weight excluding hydrogens is 419 g/mol. The minimum atomic E-state index is -0.380. The number of nitrogens with zero attached hydrogens (tertiary/aromatic N) is 1. The van der Waals surface area contributed by atoms with Crippen molar-refractivity contribution in [1.29, 1.82) is 0 Å². The average molecular weight is 447 g/mol. The fourth-order valence-electron chi connectivity index (χ4n) is 4.83. The summed E-state index contributed by atoms with van der Waals surface area (Å²) >= 11 is 0. The van der Waals surface area contributed by atoms with Gasteiger partial charge >= 0.3 is 0 Å². The van der Waals surface area contributed by atoms with E-state index >= 15 is 0 Å². The van der Waals surface area contributed by atoms with Crippen molar-refractivity contribution in [1.82, 2.24) is 4.90 Å². The molecule has 0 atom stereocenters. The van der Waals surface area contributed by atoms with Crippen molar-refractivity contribution >= 4 is 17.5 Å². The van der Waals surface area contributed by atoms with Crippen molar-refractivity contribution < 1.29 is 18.4 Å². The van der Waals surface area contributed by atoms with E-state index in [0.29, 0.717) is 24.3 Å². The molecule has 1 fully saturated rings. The number of hydrogen-bond donors (Lipinski definition) is 1. The summed E-state index contributed by atoms with van der Waals surface area (Å²) in [5.41, 5.74) is 2.93. The van der Waals surface area contributed by atoms with Crippen molar-refractivity contribution in [3.63, 3.8) is 0 Å². The van der Waals surface area contributed by atoms with E-state index in [1.54, 1.807) is 6.07 Å². The Morgan fingerprint density at radius 1 is 1.00 bits per heavy atom. The summed E-state index contributed by atoms with van der Waals surface area (Å²) in [5, 5.41) is 2.85. The van der Waals surface area contributed by atoms with Crippen LogP contribution in [0.5, 0.6) is 0 Å². The molecule has 2 aromatic carbocycles. The molecule has 0 unspecified atom stereocenters. The second-order valence-corrected chi connectivity index (χ2v) is 8.95. The van der Waals surface area contributed by atoms with Crippen molar-refractivity contribution in [3.8, 4) is 11.3 Å². The lowest BCUT2D eigenvalue weighted by atomic mass is 9.88. The predicted molar refractivity (Wildman–Crippen MR) is 124 cm³/mol. The van der Waals surface area contributed by atoms with Crippen molar-refractivity contribution in [2.75, 3.05) is 11.9 Å². The first-order valence-electron chi connectivity index (χ1n) is 11.6. The molecule has 2 heterocycles. The third kappa shape index (κ3) is 4.70. The first-order chi connectivity index (χ1) is 16.1. The van der Waals surface area contributed by atoms with E-state index in [-0.39, 0.29) is 23.5 Å². The number of fused-ring (bicyclic) bond motifs is 1. The van der Waals surface area contributed by atoms with Crippen molar-refractivity contribution in [2.45, 2.75) is 45.1 Å². The second kappa shape index (κ2) is 9.22. The van der Waals surface area contributed by atoms with Crippen LogP contribution in [0.2, 0.25) is 0 Å². The zero-order chi connectivity index (χ0) is 22.8. The quantitative estimate of drug-likeness (QED) is 0.551. The molecule has 33 heavy (non-hydrogen) atoms. The van der Waals surface area contributed by atoms with E-state index in [1.165, 1.54) is 30.7 Å². The van der Waals surface area contributed by atoms with Crippen LogP contribution < -0.4 is 5.32 Å². The molecule has 6 heteroatoms. The molecule has 2 aliphatic rings. The van der Waals surface area contributed by atoms with Crippen LogP contribution in [0.3, 0.4) is 0 Å². The zero-order valence-electron chi connectivity index (χ0n) is 18.5. The summed E-state index contributed by atoms with van der Waals surface area (Å²) < 4.78 is 19.2. The number of hydrogen-bond acceptors (Lipinski definition) is 3. The third-order valence-corrected chi connectivity index (χ3v) is 6.64. The van der Waals surface area contributed by atoms with Gasteiger partial charge in [-0.25, -0.2) is 4.39 Å². The summed E-state index contributed by atoms with van der Waals surface area (Å²) in [5.74, 6) is 1.43. The SMILES string of the molecule is O=C(Nc1cccc(-c2cc3c(o2)CCN(C(=O)C2CCCCC2)C3)c1)c1ccc(F)cc1. The number of amides is 2. The lowest BCUT2D eigenvalue weighted by Crippen LogP contribution is -2.40. The van der Waals surface area contributed by atoms with Crippen molar-refractivity contribution in [3.05, 3.63) is 77.3 Å². The maximum absolute atomic E-state index is 13.1. The average Bonchev–Trinajstić information content (AvgIpc) is 3.28. The molecule has 3 aromatic rings. The highest BCUT2D eigenvalue weighted by Crippen LogP contribution is 2.33. The maximum Gasteiger partial charge on any atom is 0.255 e. The fourth-order valence-corrected chi connectivity index (χ4v) is 4.83. The number of carbonyl (C=O) groups excluding carboxylic acids is 2. The third-order valence-electron chi connectivity index (χ3n) is 6.64. The van der Waals surface area contributed by atoms with Crippen LogP contribution in [0.4, 0.5) is 10.1 Å². The van der Waals surface area contributed by atoms with Crippen molar-refractivity contribution in [2.24, 2.45) is 5.92 Å². The monoisotopic (exact) mass is 446 g/mol. The Bertz CT molecular complexity index is 1160. The summed E-state index contributed by atoms with van der Waals surface area (Å²) in [6.07, 6.45) is 6.28. The molecule has 1 aliphatic carbocycles. The van der Waals surface area contributed by atoms with Gasteiger partial charge in [-0.05, 0) is 55.3 Å². The molecule has 5 rings (SSSR count). The van der Waals surface area contributed by atoms with E-state index < -0.39 is 0 Å². The van der Waals surface area contributed by atoms with Crippen LogP contribution in [0.15, 0.2) is 59.0 Å². The van der Waals surface area contributed by atoms with Gasteiger partial charge in [-0.15, -0.1) is 0 Å². The Morgan fingerprint density at radius 2 is 1.79 bits per heavy atom. The molecular formula is C27H27FN2O3. The number of nitrogens with one attached hydrogen (secondary N) is 1. The van der Waals surface area contributed by atoms with Gasteiger partial charge in [0.05, 0.1) is 0 Å². The van der Waals surface area contributed by atoms with Crippen LogP contribution in [-0.4, -0.2) is 23.3 Å². The number of benzene rings is 2. The Hall–Kier alpha value is -3.41. The highest BCUT2D eigenvalue weighted by molar-refractivity contribution is 6.04. The molecule has 1 N–H and O–H groups in total. The van der Waals surface area contributed by atoms with Crippen LogP contribution >= 0.6 is 0 Å². The fraction of sp³-hybridized carbons (Fsp3) is 0.333. The smallest absolute Gasteiger partial charge is 0.255 e. The summed E-state index contributed by atoms with van der Waals surface area (Å²) in [6.45, 7) is 1.29. The van der Waals surface area contributed by atoms with E-state index in [9.17, 15) is 14.0 Å². The molecule has 0 radical (unpaired) electrons. The molecule has 0 bridgehead atoms. The predicted octanol–water partition coefficient (Wildman–Crippen LogP) is 5.80. The Kier molecular flexibility index (Phi) is 5.99. The topological polar surface area (TPSA) is 62.6 Å². The Labute approximate surface area is 192 Å². The van der Waals surface area contributed by atoms with E-state index in [2.05, 4.69) is 5.32 Å². The molecule has 0 saturated heterocycles. The number of anilines is 1. The van der Waals surface area contributed by atoms with Crippen LogP contribution in [0, 0.1) is 11.7 Å². The molecule has 1 aliphatic heterocycles. The van der Waals surface area contributed by atoms with E-state index in [0.717, 1.165) is 54.8 Å². The van der Waals surface area contributed by atoms with Gasteiger partial charge in [0, 0.05) is 47.8 Å². The van der Waals surface area contributed by atoms with Gasteiger partial charge in [0.15, 0.2) is 0 Å². The first-order valence-corrected chi connectivity index (χ1v) is 11.6.